The second-order valence-corrected chi connectivity index (χ2v) is 6.08. The zero-order valence-corrected chi connectivity index (χ0v) is 13.0. The Morgan fingerprint density at radius 3 is 2.82 bits per heavy atom. The van der Waals surface area contributed by atoms with Crippen LogP contribution in [0.5, 0.6) is 0 Å². The number of aliphatic hydroxyl groups excluding tert-OH is 1. The molecule has 0 aromatic carbocycles. The highest BCUT2D eigenvalue weighted by atomic mass is 32.1. The van der Waals surface area contributed by atoms with Crippen molar-refractivity contribution in [2.75, 3.05) is 6.54 Å². The summed E-state index contributed by atoms with van der Waals surface area (Å²) in [5.74, 6) is 1.68. The van der Waals surface area contributed by atoms with Crippen LogP contribution in [0.25, 0.3) is 10.8 Å². The molecule has 3 heterocycles. The SMILES string of the molecule is Cc1ccc(-c2ncc(CNCC(O)c3ccncc3)s2)o1. The van der Waals surface area contributed by atoms with Gasteiger partial charge in [-0.15, -0.1) is 11.3 Å². The highest BCUT2D eigenvalue weighted by Gasteiger charge is 2.10. The number of pyridine rings is 1. The molecule has 0 aliphatic heterocycles. The van der Waals surface area contributed by atoms with Gasteiger partial charge in [-0.1, -0.05) is 0 Å². The minimum absolute atomic E-state index is 0.483. The number of thiazole rings is 1. The molecule has 1 atom stereocenters. The lowest BCUT2D eigenvalue weighted by molar-refractivity contribution is 0.174. The Morgan fingerprint density at radius 1 is 1.27 bits per heavy atom. The van der Waals surface area contributed by atoms with Crippen molar-refractivity contribution in [3.05, 3.63) is 59.1 Å². The molecule has 3 rings (SSSR count). The molecule has 0 aliphatic rings. The molecule has 6 heteroatoms. The molecule has 0 bridgehead atoms. The number of aromatic nitrogens is 2. The lowest BCUT2D eigenvalue weighted by Crippen LogP contribution is -2.20. The lowest BCUT2D eigenvalue weighted by atomic mass is 10.1. The van der Waals surface area contributed by atoms with Crippen molar-refractivity contribution in [3.63, 3.8) is 0 Å². The maximum absolute atomic E-state index is 10.1. The molecule has 0 spiro atoms. The average molecular weight is 315 g/mol. The molecule has 0 radical (unpaired) electrons. The number of aliphatic hydroxyl groups is 1. The maximum Gasteiger partial charge on any atom is 0.162 e. The molecular weight excluding hydrogens is 298 g/mol. The van der Waals surface area contributed by atoms with E-state index in [1.54, 1.807) is 23.7 Å². The fourth-order valence-corrected chi connectivity index (χ4v) is 2.93. The van der Waals surface area contributed by atoms with Gasteiger partial charge in [-0.2, -0.15) is 0 Å². The van der Waals surface area contributed by atoms with Crippen molar-refractivity contribution in [2.45, 2.75) is 19.6 Å². The third-order valence-corrected chi connectivity index (χ3v) is 4.24. The van der Waals surface area contributed by atoms with Crippen LogP contribution in [0.3, 0.4) is 0 Å². The summed E-state index contributed by atoms with van der Waals surface area (Å²) < 4.78 is 5.57. The normalized spacial score (nSPS) is 12.5. The average Bonchev–Trinajstić information content (AvgIpc) is 3.17. The lowest BCUT2D eigenvalue weighted by Gasteiger charge is -2.11. The van der Waals surface area contributed by atoms with Gasteiger partial charge in [0.15, 0.2) is 10.8 Å². The fourth-order valence-electron chi connectivity index (χ4n) is 2.09. The van der Waals surface area contributed by atoms with Crippen LogP contribution in [-0.2, 0) is 6.54 Å². The number of rotatable bonds is 6. The van der Waals surface area contributed by atoms with E-state index in [2.05, 4.69) is 15.3 Å². The largest absolute Gasteiger partial charge is 0.459 e. The summed E-state index contributed by atoms with van der Waals surface area (Å²) in [6, 6.07) is 7.49. The van der Waals surface area contributed by atoms with E-state index in [4.69, 9.17) is 4.42 Å². The summed E-state index contributed by atoms with van der Waals surface area (Å²) in [6.45, 7) is 3.07. The summed E-state index contributed by atoms with van der Waals surface area (Å²) in [4.78, 5) is 9.41. The van der Waals surface area contributed by atoms with Gasteiger partial charge in [0, 0.05) is 36.6 Å². The summed E-state index contributed by atoms with van der Waals surface area (Å²) >= 11 is 1.59. The van der Waals surface area contributed by atoms with E-state index in [1.807, 2.05) is 37.4 Å². The predicted molar refractivity (Wildman–Crippen MR) is 85.5 cm³/mol. The van der Waals surface area contributed by atoms with E-state index >= 15 is 0 Å². The molecule has 3 aromatic rings. The minimum Gasteiger partial charge on any atom is -0.459 e. The molecule has 1 unspecified atom stereocenters. The van der Waals surface area contributed by atoms with Gasteiger partial charge in [0.05, 0.1) is 6.10 Å². The number of nitrogens with zero attached hydrogens (tertiary/aromatic N) is 2. The van der Waals surface area contributed by atoms with Crippen molar-refractivity contribution in [1.29, 1.82) is 0 Å². The summed E-state index contributed by atoms with van der Waals surface area (Å²) in [5, 5.41) is 14.2. The van der Waals surface area contributed by atoms with Crippen molar-refractivity contribution in [3.8, 4) is 10.8 Å². The first-order chi connectivity index (χ1) is 10.7. The van der Waals surface area contributed by atoms with Crippen LogP contribution in [0.1, 0.15) is 22.3 Å². The number of hydrogen-bond acceptors (Lipinski definition) is 6. The first-order valence-corrected chi connectivity index (χ1v) is 7.84. The third-order valence-electron chi connectivity index (χ3n) is 3.23. The monoisotopic (exact) mass is 315 g/mol. The van der Waals surface area contributed by atoms with Crippen LogP contribution < -0.4 is 5.32 Å². The van der Waals surface area contributed by atoms with Crippen LogP contribution in [0.2, 0.25) is 0 Å². The number of aryl methyl sites for hydroxylation is 1. The molecule has 0 aliphatic carbocycles. The number of furan rings is 1. The van der Waals surface area contributed by atoms with Crippen molar-refractivity contribution in [2.24, 2.45) is 0 Å². The molecule has 0 saturated carbocycles. The van der Waals surface area contributed by atoms with Gasteiger partial charge in [0.2, 0.25) is 0 Å². The third kappa shape index (κ3) is 3.59. The zero-order valence-electron chi connectivity index (χ0n) is 12.2. The summed E-state index contributed by atoms with van der Waals surface area (Å²) in [5.41, 5.74) is 0.860. The molecule has 0 amide bonds. The first kappa shape index (κ1) is 14.9. The molecule has 2 N–H and O–H groups in total. The standard InChI is InChI=1S/C16H17N3O2S/c1-11-2-3-15(21-11)16-19-9-13(22-16)8-18-10-14(20)12-4-6-17-7-5-12/h2-7,9,14,18,20H,8,10H2,1H3. The van der Waals surface area contributed by atoms with E-state index in [1.165, 1.54) is 0 Å². The second-order valence-electron chi connectivity index (χ2n) is 4.97. The quantitative estimate of drug-likeness (QED) is 0.732. The van der Waals surface area contributed by atoms with Gasteiger partial charge in [-0.05, 0) is 36.8 Å². The van der Waals surface area contributed by atoms with Crippen molar-refractivity contribution < 1.29 is 9.52 Å². The Kier molecular flexibility index (Phi) is 4.62. The van der Waals surface area contributed by atoms with Gasteiger partial charge in [0.25, 0.3) is 0 Å². The Bertz CT molecular complexity index is 724. The van der Waals surface area contributed by atoms with Gasteiger partial charge >= 0.3 is 0 Å². The minimum atomic E-state index is -0.539. The number of hydrogen-bond donors (Lipinski definition) is 2. The Balaban J connectivity index is 1.53. The zero-order chi connectivity index (χ0) is 15.4. The summed E-state index contributed by atoms with van der Waals surface area (Å²) in [6.07, 6.45) is 4.66. The van der Waals surface area contributed by atoms with E-state index in [9.17, 15) is 5.11 Å². The molecule has 114 valence electrons. The Labute approximate surface area is 132 Å². The van der Waals surface area contributed by atoms with Crippen LogP contribution in [0.4, 0.5) is 0 Å². The highest BCUT2D eigenvalue weighted by Crippen LogP contribution is 2.26. The van der Waals surface area contributed by atoms with Gasteiger partial charge in [0.1, 0.15) is 5.76 Å². The van der Waals surface area contributed by atoms with E-state index in [0.29, 0.717) is 13.1 Å². The van der Waals surface area contributed by atoms with Gasteiger partial charge in [-0.25, -0.2) is 4.98 Å². The van der Waals surface area contributed by atoms with Crippen LogP contribution in [0, 0.1) is 6.92 Å². The van der Waals surface area contributed by atoms with Gasteiger partial charge in [-0.3, -0.25) is 4.98 Å². The Morgan fingerprint density at radius 2 is 2.09 bits per heavy atom. The molecular formula is C16H17N3O2S. The molecule has 0 saturated heterocycles. The highest BCUT2D eigenvalue weighted by molar-refractivity contribution is 7.14. The van der Waals surface area contributed by atoms with Crippen LogP contribution >= 0.6 is 11.3 Å². The topological polar surface area (TPSA) is 71.2 Å². The van der Waals surface area contributed by atoms with Crippen LogP contribution in [0.15, 0.2) is 47.3 Å². The molecule has 22 heavy (non-hydrogen) atoms. The maximum atomic E-state index is 10.1. The van der Waals surface area contributed by atoms with E-state index in [-0.39, 0.29) is 0 Å². The number of nitrogens with one attached hydrogen (secondary N) is 1. The van der Waals surface area contributed by atoms with Crippen molar-refractivity contribution in [1.82, 2.24) is 15.3 Å². The van der Waals surface area contributed by atoms with Crippen LogP contribution in [-0.4, -0.2) is 21.6 Å². The van der Waals surface area contributed by atoms with E-state index < -0.39 is 6.10 Å². The first-order valence-electron chi connectivity index (χ1n) is 7.02. The summed E-state index contributed by atoms with van der Waals surface area (Å²) in [7, 11) is 0. The van der Waals surface area contributed by atoms with E-state index in [0.717, 1.165) is 27.0 Å². The Hall–Kier alpha value is -2.02. The smallest absolute Gasteiger partial charge is 0.162 e. The predicted octanol–water partition coefficient (Wildman–Crippen LogP) is 2.93. The second kappa shape index (κ2) is 6.83. The molecule has 0 fully saturated rings. The van der Waals surface area contributed by atoms with Crippen molar-refractivity contribution >= 4 is 11.3 Å². The fraction of sp³-hybridized carbons (Fsp3) is 0.250. The molecule has 3 aromatic heterocycles. The molecule has 5 nitrogen and oxygen atoms in total. The van der Waals surface area contributed by atoms with Gasteiger partial charge < -0.3 is 14.8 Å².